The Balaban J connectivity index is 1.32. The summed E-state index contributed by atoms with van der Waals surface area (Å²) in [5.74, 6) is 0.618. The fraction of sp³-hybridized carbons (Fsp3) is 0. The molecule has 46 heavy (non-hydrogen) atoms. The smallest absolute Gasteiger partial charge is 0.231 e. The van der Waals surface area contributed by atoms with Gasteiger partial charge in [-0.15, -0.1) is 0 Å². The lowest BCUT2D eigenvalue weighted by Crippen LogP contribution is -1.97. The SMILES string of the molecule is c1cncc(-c2nc(-c3cccc4c5ccc6cccc7c8ccccc8n(c34)c5c67)nc3oc4cc5ccccc5cc4c23)c1. The Morgan fingerprint density at radius 3 is 2.24 bits per heavy atom. The van der Waals surface area contributed by atoms with Gasteiger partial charge in [0.15, 0.2) is 5.82 Å². The van der Waals surface area contributed by atoms with Crippen LogP contribution in [0.3, 0.4) is 0 Å². The van der Waals surface area contributed by atoms with Crippen LogP contribution in [0.5, 0.6) is 0 Å². The van der Waals surface area contributed by atoms with Crippen LogP contribution in [0.4, 0.5) is 0 Å². The minimum absolute atomic E-state index is 0.564. The average molecular weight is 587 g/mol. The van der Waals surface area contributed by atoms with Crippen LogP contribution >= 0.6 is 0 Å². The molecule has 212 valence electrons. The third kappa shape index (κ3) is 3.06. The lowest BCUT2D eigenvalue weighted by Gasteiger charge is -2.13. The highest BCUT2D eigenvalue weighted by Crippen LogP contribution is 2.44. The molecule has 5 heterocycles. The molecule has 0 aliphatic heterocycles. The van der Waals surface area contributed by atoms with Crippen molar-refractivity contribution in [2.24, 2.45) is 0 Å². The maximum Gasteiger partial charge on any atom is 0.231 e. The van der Waals surface area contributed by atoms with Crippen molar-refractivity contribution in [3.63, 3.8) is 0 Å². The summed E-state index contributed by atoms with van der Waals surface area (Å²) in [5.41, 5.74) is 7.50. The van der Waals surface area contributed by atoms with Crippen LogP contribution in [0.25, 0.3) is 104 Å². The van der Waals surface area contributed by atoms with Gasteiger partial charge in [-0.1, -0.05) is 84.9 Å². The Hall–Kier alpha value is -6.33. The lowest BCUT2D eigenvalue weighted by atomic mass is 9.99. The van der Waals surface area contributed by atoms with Crippen molar-refractivity contribution in [1.82, 2.24) is 19.4 Å². The van der Waals surface area contributed by atoms with Gasteiger partial charge in [-0.3, -0.25) is 4.98 Å². The average Bonchev–Trinajstić information content (AvgIpc) is 3.66. The maximum absolute atomic E-state index is 6.56. The van der Waals surface area contributed by atoms with Crippen molar-refractivity contribution in [1.29, 1.82) is 0 Å². The van der Waals surface area contributed by atoms with Crippen molar-refractivity contribution < 1.29 is 4.42 Å². The highest BCUT2D eigenvalue weighted by molar-refractivity contribution is 6.29. The number of benzene rings is 6. The summed E-state index contributed by atoms with van der Waals surface area (Å²) >= 11 is 0. The van der Waals surface area contributed by atoms with Gasteiger partial charge in [-0.2, -0.15) is 4.98 Å². The van der Waals surface area contributed by atoms with Crippen LogP contribution in [-0.4, -0.2) is 19.4 Å². The highest BCUT2D eigenvalue weighted by Gasteiger charge is 2.23. The molecule has 0 amide bonds. The van der Waals surface area contributed by atoms with Crippen molar-refractivity contribution in [2.75, 3.05) is 0 Å². The van der Waals surface area contributed by atoms with E-state index in [-0.39, 0.29) is 0 Å². The third-order valence-corrected chi connectivity index (χ3v) is 9.60. The second kappa shape index (κ2) is 8.65. The Morgan fingerprint density at radius 2 is 1.33 bits per heavy atom. The van der Waals surface area contributed by atoms with E-state index in [1.165, 1.54) is 37.8 Å². The summed E-state index contributed by atoms with van der Waals surface area (Å²) in [5, 5.41) is 11.5. The topological polar surface area (TPSA) is 56.2 Å². The van der Waals surface area contributed by atoms with Gasteiger partial charge in [-0.25, -0.2) is 4.98 Å². The van der Waals surface area contributed by atoms with Gasteiger partial charge < -0.3 is 8.82 Å². The van der Waals surface area contributed by atoms with E-state index in [1.54, 1.807) is 6.20 Å². The van der Waals surface area contributed by atoms with E-state index in [4.69, 9.17) is 14.4 Å². The van der Waals surface area contributed by atoms with Crippen LogP contribution in [-0.2, 0) is 0 Å². The monoisotopic (exact) mass is 586 g/mol. The summed E-state index contributed by atoms with van der Waals surface area (Å²) in [7, 11) is 0. The van der Waals surface area contributed by atoms with Crippen molar-refractivity contribution >= 4 is 81.7 Å². The second-order valence-electron chi connectivity index (χ2n) is 12.0. The number of fused-ring (bicyclic) bond motifs is 10. The normalized spacial score (nSPS) is 12.3. The largest absolute Gasteiger partial charge is 0.438 e. The first kappa shape index (κ1) is 24.0. The molecular formula is C41H22N4O. The molecule has 0 radical (unpaired) electrons. The molecule has 0 fully saturated rings. The molecule has 5 aromatic heterocycles. The zero-order valence-corrected chi connectivity index (χ0v) is 24.4. The van der Waals surface area contributed by atoms with E-state index in [1.807, 2.05) is 12.3 Å². The number of aromatic nitrogens is 4. The Labute approximate surface area is 261 Å². The molecule has 0 atom stereocenters. The van der Waals surface area contributed by atoms with Crippen LogP contribution in [0.1, 0.15) is 0 Å². The van der Waals surface area contributed by atoms with Gasteiger partial charge in [0, 0.05) is 50.5 Å². The zero-order chi connectivity index (χ0) is 29.9. The second-order valence-corrected chi connectivity index (χ2v) is 12.0. The van der Waals surface area contributed by atoms with Gasteiger partial charge in [-0.05, 0) is 57.9 Å². The minimum Gasteiger partial charge on any atom is -0.438 e. The van der Waals surface area contributed by atoms with E-state index < -0.39 is 0 Å². The molecule has 5 heteroatoms. The Morgan fingerprint density at radius 1 is 0.543 bits per heavy atom. The maximum atomic E-state index is 6.56. The van der Waals surface area contributed by atoms with Gasteiger partial charge in [0.25, 0.3) is 0 Å². The van der Waals surface area contributed by atoms with Gasteiger partial charge in [0.2, 0.25) is 5.71 Å². The summed E-state index contributed by atoms with van der Waals surface area (Å²) in [6, 6.07) is 42.9. The number of nitrogens with zero attached hydrogens (tertiary/aromatic N) is 4. The fourth-order valence-electron chi connectivity index (χ4n) is 7.66. The first-order valence-corrected chi connectivity index (χ1v) is 15.4. The molecule has 0 saturated heterocycles. The van der Waals surface area contributed by atoms with Crippen LogP contribution < -0.4 is 0 Å². The van der Waals surface area contributed by atoms with Gasteiger partial charge in [0.05, 0.1) is 27.6 Å². The van der Waals surface area contributed by atoms with Crippen LogP contribution in [0, 0.1) is 0 Å². The quantitative estimate of drug-likeness (QED) is 0.149. The van der Waals surface area contributed by atoms with Crippen molar-refractivity contribution in [2.45, 2.75) is 0 Å². The molecule has 0 aliphatic rings. The molecule has 0 bridgehead atoms. The van der Waals surface area contributed by atoms with Gasteiger partial charge in [0.1, 0.15) is 5.58 Å². The van der Waals surface area contributed by atoms with Crippen molar-refractivity contribution in [3.8, 4) is 22.6 Å². The van der Waals surface area contributed by atoms with E-state index in [2.05, 4.69) is 125 Å². The fourth-order valence-corrected chi connectivity index (χ4v) is 7.66. The number of hydrogen-bond donors (Lipinski definition) is 0. The predicted molar refractivity (Wildman–Crippen MR) is 188 cm³/mol. The minimum atomic E-state index is 0.564. The Bertz CT molecular complexity index is 3030. The number of hydrogen-bond acceptors (Lipinski definition) is 4. The summed E-state index contributed by atoms with van der Waals surface area (Å²) in [6.07, 6.45) is 3.66. The molecule has 11 aromatic rings. The molecule has 0 saturated carbocycles. The molecule has 0 unspecified atom stereocenters. The molecule has 5 nitrogen and oxygen atoms in total. The summed E-state index contributed by atoms with van der Waals surface area (Å²) in [4.78, 5) is 15.0. The third-order valence-electron chi connectivity index (χ3n) is 9.60. The lowest BCUT2D eigenvalue weighted by molar-refractivity contribution is 0.654. The van der Waals surface area contributed by atoms with E-state index >= 15 is 0 Å². The van der Waals surface area contributed by atoms with E-state index in [0.717, 1.165) is 55.0 Å². The molecule has 0 aliphatic carbocycles. The van der Waals surface area contributed by atoms with Crippen molar-refractivity contribution in [3.05, 3.63) is 134 Å². The molecule has 11 rings (SSSR count). The summed E-state index contributed by atoms with van der Waals surface area (Å²) < 4.78 is 8.98. The van der Waals surface area contributed by atoms with Crippen LogP contribution in [0.2, 0.25) is 0 Å². The Kier molecular flexibility index (Phi) is 4.52. The number of rotatable bonds is 2. The number of pyridine rings is 2. The van der Waals surface area contributed by atoms with E-state index in [0.29, 0.717) is 11.5 Å². The zero-order valence-electron chi connectivity index (χ0n) is 24.4. The number of para-hydroxylation sites is 2. The standard InChI is InChI=1S/C41H22N4O/c1-2-9-25-21-34-32(20-24(25)8-1)36-37(26-11-7-19-42-22-26)43-40(44-41(36)46-34)31-15-6-14-29-30-18-17-23-10-5-13-28-27-12-3-4-16-33(27)45(38(29)31)39(30)35(23)28/h1-22H. The number of furan rings is 1. The van der Waals surface area contributed by atoms with Crippen LogP contribution in [0.15, 0.2) is 138 Å². The van der Waals surface area contributed by atoms with Gasteiger partial charge >= 0.3 is 0 Å². The molecule has 0 spiro atoms. The first-order valence-electron chi connectivity index (χ1n) is 15.4. The predicted octanol–water partition coefficient (Wildman–Crippen LogP) is 10.6. The first-order chi connectivity index (χ1) is 22.8. The molecular weight excluding hydrogens is 564 g/mol. The molecule has 6 aromatic carbocycles. The van der Waals surface area contributed by atoms with E-state index in [9.17, 15) is 0 Å². The summed E-state index contributed by atoms with van der Waals surface area (Å²) in [6.45, 7) is 0. The molecule has 0 N–H and O–H groups in total. The highest BCUT2D eigenvalue weighted by atomic mass is 16.3.